The van der Waals surface area contributed by atoms with E-state index in [4.69, 9.17) is 10.00 Å². The number of guanidine groups is 1. The van der Waals surface area contributed by atoms with Crippen LogP contribution in [0.4, 0.5) is 4.39 Å². The highest BCUT2D eigenvalue weighted by Crippen LogP contribution is 2.23. The van der Waals surface area contributed by atoms with E-state index in [1.54, 1.807) is 0 Å². The van der Waals surface area contributed by atoms with Crippen molar-refractivity contribution in [3.05, 3.63) is 35.1 Å². The number of aliphatic imine (C=N–C) groups is 1. The molecule has 1 aromatic carbocycles. The summed E-state index contributed by atoms with van der Waals surface area (Å²) < 4.78 is 19.5. The van der Waals surface area contributed by atoms with Gasteiger partial charge < -0.3 is 15.4 Å². The van der Waals surface area contributed by atoms with Crippen LogP contribution < -0.4 is 10.6 Å². The molecule has 1 aliphatic rings. The third-order valence-corrected chi connectivity index (χ3v) is 3.86. The third-order valence-electron chi connectivity index (χ3n) is 3.86. The van der Waals surface area contributed by atoms with E-state index in [9.17, 15) is 4.39 Å². The van der Waals surface area contributed by atoms with Gasteiger partial charge in [0.2, 0.25) is 0 Å². The monoisotopic (exact) mass is 318 g/mol. The van der Waals surface area contributed by atoms with Crippen molar-refractivity contribution < 1.29 is 9.13 Å². The van der Waals surface area contributed by atoms with Crippen LogP contribution in [0, 0.1) is 17.1 Å². The highest BCUT2D eigenvalue weighted by atomic mass is 19.1. The lowest BCUT2D eigenvalue weighted by Crippen LogP contribution is -2.45. The molecule has 1 saturated heterocycles. The Kier molecular flexibility index (Phi) is 5.94. The van der Waals surface area contributed by atoms with Gasteiger partial charge in [-0.3, -0.25) is 0 Å². The first-order valence-electron chi connectivity index (χ1n) is 7.91. The molecule has 23 heavy (non-hydrogen) atoms. The Hall–Kier alpha value is -2.13. The molecule has 1 unspecified atom stereocenters. The molecule has 0 spiro atoms. The van der Waals surface area contributed by atoms with E-state index in [1.807, 2.05) is 13.0 Å². The van der Waals surface area contributed by atoms with Crippen LogP contribution in [0.25, 0.3) is 0 Å². The van der Waals surface area contributed by atoms with Crippen molar-refractivity contribution in [1.29, 1.82) is 5.26 Å². The van der Waals surface area contributed by atoms with Crippen molar-refractivity contribution in [2.45, 2.75) is 38.8 Å². The van der Waals surface area contributed by atoms with E-state index in [1.165, 1.54) is 18.2 Å². The Balaban J connectivity index is 2.02. The molecule has 1 heterocycles. The second-order valence-electron chi connectivity index (χ2n) is 5.87. The van der Waals surface area contributed by atoms with Gasteiger partial charge in [0, 0.05) is 25.3 Å². The maximum Gasteiger partial charge on any atom is 0.191 e. The molecule has 0 aromatic heterocycles. The molecule has 5 nitrogen and oxygen atoms in total. The smallest absolute Gasteiger partial charge is 0.191 e. The van der Waals surface area contributed by atoms with Crippen LogP contribution in [0.15, 0.2) is 23.2 Å². The van der Waals surface area contributed by atoms with E-state index in [-0.39, 0.29) is 18.0 Å². The SMILES string of the molecule is CCNC(=NCc1cc(C#N)ccc1F)NCC1(C)CCCO1. The van der Waals surface area contributed by atoms with Gasteiger partial charge >= 0.3 is 0 Å². The van der Waals surface area contributed by atoms with Gasteiger partial charge in [0.1, 0.15) is 5.82 Å². The first kappa shape index (κ1) is 17.2. The predicted molar refractivity (Wildman–Crippen MR) is 87.5 cm³/mol. The van der Waals surface area contributed by atoms with E-state index < -0.39 is 0 Å². The van der Waals surface area contributed by atoms with Crippen molar-refractivity contribution in [2.24, 2.45) is 4.99 Å². The molecule has 1 aliphatic heterocycles. The van der Waals surface area contributed by atoms with Crippen molar-refractivity contribution >= 4 is 5.96 Å². The molecule has 1 atom stereocenters. The van der Waals surface area contributed by atoms with Crippen LogP contribution in [0.5, 0.6) is 0 Å². The molecule has 2 N–H and O–H groups in total. The Morgan fingerprint density at radius 2 is 2.30 bits per heavy atom. The summed E-state index contributed by atoms with van der Waals surface area (Å²) in [6.45, 7) is 6.38. The van der Waals surface area contributed by atoms with Crippen LogP contribution in [-0.2, 0) is 11.3 Å². The van der Waals surface area contributed by atoms with Crippen molar-refractivity contribution in [2.75, 3.05) is 19.7 Å². The largest absolute Gasteiger partial charge is 0.373 e. The summed E-state index contributed by atoms with van der Waals surface area (Å²) in [4.78, 5) is 4.40. The quantitative estimate of drug-likeness (QED) is 0.646. The molecule has 2 rings (SSSR count). The summed E-state index contributed by atoms with van der Waals surface area (Å²) in [5.41, 5.74) is 0.660. The van der Waals surface area contributed by atoms with Gasteiger partial charge in [0.15, 0.2) is 5.96 Å². The molecule has 124 valence electrons. The lowest BCUT2D eigenvalue weighted by atomic mass is 10.0. The third kappa shape index (κ3) is 4.93. The number of hydrogen-bond acceptors (Lipinski definition) is 3. The fourth-order valence-corrected chi connectivity index (χ4v) is 2.52. The molecular formula is C17H23FN4O. The van der Waals surface area contributed by atoms with Crippen LogP contribution in [-0.4, -0.2) is 31.3 Å². The van der Waals surface area contributed by atoms with Crippen molar-refractivity contribution in [3.63, 3.8) is 0 Å². The second kappa shape index (κ2) is 7.93. The van der Waals surface area contributed by atoms with E-state index in [2.05, 4.69) is 22.5 Å². The molecule has 0 radical (unpaired) electrons. The highest BCUT2D eigenvalue weighted by Gasteiger charge is 2.29. The summed E-state index contributed by atoms with van der Waals surface area (Å²) in [6.07, 6.45) is 2.08. The number of nitrogens with zero attached hydrogens (tertiary/aromatic N) is 2. The number of nitrogens with one attached hydrogen (secondary N) is 2. The summed E-state index contributed by atoms with van der Waals surface area (Å²) in [5.74, 6) is 0.265. The molecule has 0 amide bonds. The van der Waals surface area contributed by atoms with Crippen LogP contribution in [0.1, 0.15) is 37.8 Å². The Morgan fingerprint density at radius 1 is 1.48 bits per heavy atom. The minimum absolute atomic E-state index is 0.175. The number of halogens is 1. The van der Waals surface area contributed by atoms with Crippen molar-refractivity contribution in [3.8, 4) is 6.07 Å². The van der Waals surface area contributed by atoms with Gasteiger partial charge in [0.05, 0.1) is 23.8 Å². The average Bonchev–Trinajstić information content (AvgIpc) is 2.98. The number of nitriles is 1. The summed E-state index contributed by atoms with van der Waals surface area (Å²) in [6, 6.07) is 6.31. The van der Waals surface area contributed by atoms with E-state index in [0.717, 1.165) is 19.4 Å². The molecule has 0 aliphatic carbocycles. The van der Waals surface area contributed by atoms with Crippen LogP contribution in [0.3, 0.4) is 0 Å². The molecule has 0 bridgehead atoms. The average molecular weight is 318 g/mol. The van der Waals surface area contributed by atoms with Crippen LogP contribution >= 0.6 is 0 Å². The highest BCUT2D eigenvalue weighted by molar-refractivity contribution is 5.79. The zero-order valence-electron chi connectivity index (χ0n) is 13.7. The predicted octanol–water partition coefficient (Wildman–Crippen LogP) is 2.32. The summed E-state index contributed by atoms with van der Waals surface area (Å²) in [5, 5.41) is 15.3. The molecular weight excluding hydrogens is 295 g/mol. The lowest BCUT2D eigenvalue weighted by Gasteiger charge is -2.24. The fourth-order valence-electron chi connectivity index (χ4n) is 2.52. The normalized spacial score (nSPS) is 21.0. The maximum absolute atomic E-state index is 13.8. The summed E-state index contributed by atoms with van der Waals surface area (Å²) in [7, 11) is 0. The Labute approximate surface area is 136 Å². The zero-order chi connectivity index (χ0) is 16.7. The Bertz CT molecular complexity index is 603. The number of benzene rings is 1. The molecule has 6 heteroatoms. The topological polar surface area (TPSA) is 69.4 Å². The van der Waals surface area contributed by atoms with E-state index >= 15 is 0 Å². The fraction of sp³-hybridized carbons (Fsp3) is 0.529. The van der Waals surface area contributed by atoms with Crippen LogP contribution in [0.2, 0.25) is 0 Å². The van der Waals surface area contributed by atoms with Gasteiger partial charge in [-0.1, -0.05) is 0 Å². The standard InChI is InChI=1S/C17H23FN4O/c1-3-20-16(22-12-17(2)7-4-8-23-17)21-11-14-9-13(10-19)5-6-15(14)18/h5-6,9H,3-4,7-8,11-12H2,1-2H3,(H2,20,21,22). The Morgan fingerprint density at radius 3 is 2.96 bits per heavy atom. The van der Waals surface area contributed by atoms with E-state index in [0.29, 0.717) is 30.2 Å². The minimum Gasteiger partial charge on any atom is -0.373 e. The molecule has 0 saturated carbocycles. The first-order valence-corrected chi connectivity index (χ1v) is 7.91. The summed E-state index contributed by atoms with van der Waals surface area (Å²) >= 11 is 0. The number of hydrogen-bond donors (Lipinski definition) is 2. The molecule has 1 fully saturated rings. The number of ether oxygens (including phenoxy) is 1. The van der Waals surface area contributed by atoms with Gasteiger partial charge in [-0.2, -0.15) is 5.26 Å². The van der Waals surface area contributed by atoms with Gasteiger partial charge in [-0.05, 0) is 44.9 Å². The zero-order valence-corrected chi connectivity index (χ0v) is 13.7. The van der Waals surface area contributed by atoms with Gasteiger partial charge in [-0.15, -0.1) is 0 Å². The van der Waals surface area contributed by atoms with Gasteiger partial charge in [0.25, 0.3) is 0 Å². The number of rotatable bonds is 5. The van der Waals surface area contributed by atoms with Gasteiger partial charge in [-0.25, -0.2) is 9.38 Å². The second-order valence-corrected chi connectivity index (χ2v) is 5.87. The lowest BCUT2D eigenvalue weighted by molar-refractivity contribution is 0.0243. The first-order chi connectivity index (χ1) is 11.1. The van der Waals surface area contributed by atoms with Crippen molar-refractivity contribution in [1.82, 2.24) is 10.6 Å². The molecule has 1 aromatic rings. The minimum atomic E-state index is -0.352. The maximum atomic E-state index is 13.8.